The zero-order valence-electron chi connectivity index (χ0n) is 10.6. The summed E-state index contributed by atoms with van der Waals surface area (Å²) in [5.41, 5.74) is 3.18. The van der Waals surface area contributed by atoms with Gasteiger partial charge in [0.05, 0.1) is 5.69 Å². The Bertz CT molecular complexity index is 521. The summed E-state index contributed by atoms with van der Waals surface area (Å²) in [4.78, 5) is 0. The van der Waals surface area contributed by atoms with Crippen molar-refractivity contribution in [2.75, 3.05) is 0 Å². The van der Waals surface area contributed by atoms with Crippen molar-refractivity contribution in [3.63, 3.8) is 0 Å². The first kappa shape index (κ1) is 15.2. The van der Waals surface area contributed by atoms with Crippen molar-refractivity contribution >= 4 is 32.9 Å². The van der Waals surface area contributed by atoms with Crippen molar-refractivity contribution in [3.8, 4) is 11.5 Å². The van der Waals surface area contributed by atoms with Crippen LogP contribution in [0.4, 0.5) is 0 Å². The van der Waals surface area contributed by atoms with E-state index >= 15 is 0 Å². The fourth-order valence-electron chi connectivity index (χ4n) is 1.67. The third-order valence-corrected chi connectivity index (χ3v) is 3.39. The summed E-state index contributed by atoms with van der Waals surface area (Å²) < 4.78 is 7.69. The summed E-state index contributed by atoms with van der Waals surface area (Å²) in [7, 11) is 1.92. The first-order chi connectivity index (χ1) is 8.11. The molecule has 0 fully saturated rings. The molecule has 0 amide bonds. The second-order valence-electron chi connectivity index (χ2n) is 4.00. The number of rotatable bonds is 3. The lowest BCUT2D eigenvalue weighted by molar-refractivity contribution is 0.474. The van der Waals surface area contributed by atoms with Gasteiger partial charge in [-0.25, -0.2) is 0 Å². The standard InChI is InChI=1S/C13H15BrN2O.BrH/c1-9-13(10(2)16(3)15-9)17-12-6-4-11(8-14)5-7-12;/h4-7H,8H2,1-3H3;1H. The Kier molecular flexibility index (Phi) is 5.41. The van der Waals surface area contributed by atoms with Gasteiger partial charge in [-0.1, -0.05) is 28.1 Å². The van der Waals surface area contributed by atoms with E-state index in [4.69, 9.17) is 4.74 Å². The minimum atomic E-state index is 0. The van der Waals surface area contributed by atoms with E-state index in [1.165, 1.54) is 5.56 Å². The normalized spacial score (nSPS) is 10.0. The molecule has 5 heteroatoms. The fraction of sp³-hybridized carbons (Fsp3) is 0.308. The first-order valence-electron chi connectivity index (χ1n) is 5.44. The molecular formula is C13H16Br2N2O. The quantitative estimate of drug-likeness (QED) is 0.747. The van der Waals surface area contributed by atoms with Gasteiger partial charge in [0.25, 0.3) is 0 Å². The van der Waals surface area contributed by atoms with Gasteiger partial charge >= 0.3 is 0 Å². The van der Waals surface area contributed by atoms with Crippen molar-refractivity contribution in [2.24, 2.45) is 7.05 Å². The van der Waals surface area contributed by atoms with Gasteiger partial charge in [-0.05, 0) is 31.5 Å². The van der Waals surface area contributed by atoms with E-state index in [2.05, 4.69) is 21.0 Å². The van der Waals surface area contributed by atoms with Crippen molar-refractivity contribution < 1.29 is 4.74 Å². The summed E-state index contributed by atoms with van der Waals surface area (Å²) in [6.45, 7) is 3.96. The lowest BCUT2D eigenvalue weighted by Gasteiger charge is -2.06. The van der Waals surface area contributed by atoms with Gasteiger partial charge in [-0.3, -0.25) is 4.68 Å². The highest BCUT2D eigenvalue weighted by molar-refractivity contribution is 9.08. The Morgan fingerprint density at radius 1 is 1.22 bits per heavy atom. The topological polar surface area (TPSA) is 27.1 Å². The summed E-state index contributed by atoms with van der Waals surface area (Å²) in [6, 6.07) is 8.04. The number of ether oxygens (including phenoxy) is 1. The van der Waals surface area contributed by atoms with Gasteiger partial charge in [0.15, 0.2) is 5.75 Å². The van der Waals surface area contributed by atoms with Crippen LogP contribution in [0.25, 0.3) is 0 Å². The average molecular weight is 376 g/mol. The molecule has 2 rings (SSSR count). The molecule has 0 unspecified atom stereocenters. The fourth-order valence-corrected chi connectivity index (χ4v) is 2.04. The van der Waals surface area contributed by atoms with Gasteiger partial charge in [0.2, 0.25) is 0 Å². The third-order valence-electron chi connectivity index (χ3n) is 2.74. The molecule has 0 spiro atoms. The molecule has 0 bridgehead atoms. The Morgan fingerprint density at radius 2 is 1.83 bits per heavy atom. The highest BCUT2D eigenvalue weighted by Crippen LogP contribution is 2.28. The van der Waals surface area contributed by atoms with Crippen LogP contribution in [0.3, 0.4) is 0 Å². The molecule has 1 heterocycles. The highest BCUT2D eigenvalue weighted by Gasteiger charge is 2.11. The van der Waals surface area contributed by atoms with Crippen molar-refractivity contribution in [2.45, 2.75) is 19.2 Å². The van der Waals surface area contributed by atoms with E-state index in [0.29, 0.717) is 0 Å². The molecule has 0 aliphatic rings. The van der Waals surface area contributed by atoms with E-state index < -0.39 is 0 Å². The molecule has 0 saturated heterocycles. The number of aryl methyl sites for hydroxylation is 2. The van der Waals surface area contributed by atoms with E-state index in [9.17, 15) is 0 Å². The molecular weight excluding hydrogens is 360 g/mol. The Hall–Kier alpha value is -0.810. The Labute approximate surface area is 126 Å². The molecule has 18 heavy (non-hydrogen) atoms. The third kappa shape index (κ3) is 3.14. The SMILES string of the molecule is Br.Cc1nn(C)c(C)c1Oc1ccc(CBr)cc1. The molecule has 0 N–H and O–H groups in total. The van der Waals surface area contributed by atoms with Gasteiger partial charge < -0.3 is 4.74 Å². The van der Waals surface area contributed by atoms with Crippen LogP contribution in [0, 0.1) is 13.8 Å². The number of nitrogens with zero attached hydrogens (tertiary/aromatic N) is 2. The minimum absolute atomic E-state index is 0. The molecule has 0 radical (unpaired) electrons. The van der Waals surface area contributed by atoms with Gasteiger partial charge in [0, 0.05) is 12.4 Å². The van der Waals surface area contributed by atoms with Crippen LogP contribution in [0.5, 0.6) is 11.5 Å². The van der Waals surface area contributed by atoms with Crippen LogP contribution < -0.4 is 4.74 Å². The monoisotopic (exact) mass is 374 g/mol. The maximum Gasteiger partial charge on any atom is 0.171 e. The van der Waals surface area contributed by atoms with E-state index in [-0.39, 0.29) is 17.0 Å². The second-order valence-corrected chi connectivity index (χ2v) is 4.56. The predicted octanol–water partition coefficient (Wildman–Crippen LogP) is 4.30. The van der Waals surface area contributed by atoms with Gasteiger partial charge in [-0.2, -0.15) is 5.10 Å². The second kappa shape index (κ2) is 6.38. The molecule has 1 aromatic heterocycles. The summed E-state index contributed by atoms with van der Waals surface area (Å²) in [5, 5.41) is 5.18. The average Bonchev–Trinajstić information content (AvgIpc) is 2.57. The van der Waals surface area contributed by atoms with Gasteiger partial charge in [0.1, 0.15) is 11.4 Å². The summed E-state index contributed by atoms with van der Waals surface area (Å²) in [6.07, 6.45) is 0. The molecule has 3 nitrogen and oxygen atoms in total. The maximum absolute atomic E-state index is 5.86. The van der Waals surface area contributed by atoms with Crippen molar-refractivity contribution in [1.82, 2.24) is 9.78 Å². The number of halogens is 2. The Balaban J connectivity index is 0.00000162. The van der Waals surface area contributed by atoms with Crippen LogP contribution in [-0.4, -0.2) is 9.78 Å². The largest absolute Gasteiger partial charge is 0.453 e. The smallest absolute Gasteiger partial charge is 0.171 e. The molecule has 1 aromatic carbocycles. The summed E-state index contributed by atoms with van der Waals surface area (Å²) in [5.74, 6) is 1.69. The van der Waals surface area contributed by atoms with Crippen LogP contribution in [0.2, 0.25) is 0 Å². The number of aromatic nitrogens is 2. The Morgan fingerprint density at radius 3 is 2.28 bits per heavy atom. The number of benzene rings is 1. The van der Waals surface area contributed by atoms with Crippen molar-refractivity contribution in [1.29, 1.82) is 0 Å². The lowest BCUT2D eigenvalue weighted by Crippen LogP contribution is -1.93. The highest BCUT2D eigenvalue weighted by atomic mass is 79.9. The van der Waals surface area contributed by atoms with Crippen LogP contribution in [0.1, 0.15) is 17.0 Å². The van der Waals surface area contributed by atoms with E-state index in [1.807, 2.05) is 49.8 Å². The minimum Gasteiger partial charge on any atom is -0.453 e. The first-order valence-corrected chi connectivity index (χ1v) is 6.57. The molecule has 0 atom stereocenters. The molecule has 0 aliphatic heterocycles. The number of hydrogen-bond acceptors (Lipinski definition) is 2. The number of alkyl halides is 1. The summed E-state index contributed by atoms with van der Waals surface area (Å²) >= 11 is 3.42. The van der Waals surface area contributed by atoms with Crippen LogP contribution in [-0.2, 0) is 12.4 Å². The number of hydrogen-bond donors (Lipinski definition) is 0. The van der Waals surface area contributed by atoms with Crippen LogP contribution >= 0.6 is 32.9 Å². The maximum atomic E-state index is 5.86. The molecule has 2 aromatic rings. The van der Waals surface area contributed by atoms with Crippen molar-refractivity contribution in [3.05, 3.63) is 41.2 Å². The molecule has 98 valence electrons. The molecule has 0 saturated carbocycles. The van der Waals surface area contributed by atoms with Crippen LogP contribution in [0.15, 0.2) is 24.3 Å². The van der Waals surface area contributed by atoms with E-state index in [0.717, 1.165) is 28.2 Å². The zero-order chi connectivity index (χ0) is 12.4. The van der Waals surface area contributed by atoms with E-state index in [1.54, 1.807) is 0 Å². The lowest BCUT2D eigenvalue weighted by atomic mass is 10.2. The molecule has 0 aliphatic carbocycles. The zero-order valence-corrected chi connectivity index (χ0v) is 13.9. The van der Waals surface area contributed by atoms with Gasteiger partial charge in [-0.15, -0.1) is 17.0 Å². The predicted molar refractivity (Wildman–Crippen MR) is 82.2 cm³/mol.